The Morgan fingerprint density at radius 2 is 1.83 bits per heavy atom. The van der Waals surface area contributed by atoms with Crippen molar-refractivity contribution in [2.75, 3.05) is 23.3 Å². The van der Waals surface area contributed by atoms with Crippen LogP contribution in [0.1, 0.15) is 38.8 Å². The molecule has 2 heterocycles. The minimum absolute atomic E-state index is 0.0536. The van der Waals surface area contributed by atoms with Crippen molar-refractivity contribution >= 4 is 23.3 Å². The molecule has 0 spiro atoms. The van der Waals surface area contributed by atoms with Crippen molar-refractivity contribution in [3.05, 3.63) is 89.1 Å². The fourth-order valence-corrected chi connectivity index (χ4v) is 3.64. The van der Waals surface area contributed by atoms with Gasteiger partial charge in [0.05, 0.1) is 5.56 Å². The van der Waals surface area contributed by atoms with Gasteiger partial charge in [-0.05, 0) is 54.8 Å². The van der Waals surface area contributed by atoms with E-state index in [0.717, 1.165) is 17.7 Å². The van der Waals surface area contributed by atoms with E-state index < -0.39 is 0 Å². The van der Waals surface area contributed by atoms with Gasteiger partial charge in [0.15, 0.2) is 0 Å². The van der Waals surface area contributed by atoms with Crippen LogP contribution in [0.5, 0.6) is 0 Å². The van der Waals surface area contributed by atoms with Crippen molar-refractivity contribution in [3.63, 3.8) is 0 Å². The molecule has 0 fully saturated rings. The van der Waals surface area contributed by atoms with Crippen LogP contribution in [-0.2, 0) is 13.0 Å². The van der Waals surface area contributed by atoms with Gasteiger partial charge in [0.25, 0.3) is 11.8 Å². The van der Waals surface area contributed by atoms with Gasteiger partial charge in [0, 0.05) is 37.1 Å². The SMILES string of the molecule is CCNC(=O)c1ccc(CNc2ncccc2C(=O)N2CCc3ccccc32)cc1. The van der Waals surface area contributed by atoms with Crippen LogP contribution in [0.3, 0.4) is 0 Å². The summed E-state index contributed by atoms with van der Waals surface area (Å²) >= 11 is 0. The second-order valence-electron chi connectivity index (χ2n) is 7.15. The predicted octanol–water partition coefficient (Wildman–Crippen LogP) is 3.65. The molecule has 0 saturated carbocycles. The van der Waals surface area contributed by atoms with Crippen LogP contribution >= 0.6 is 0 Å². The van der Waals surface area contributed by atoms with Crippen molar-refractivity contribution in [2.24, 2.45) is 0 Å². The third kappa shape index (κ3) is 4.03. The average molecular weight is 400 g/mol. The van der Waals surface area contributed by atoms with E-state index in [1.165, 1.54) is 5.56 Å². The van der Waals surface area contributed by atoms with Crippen molar-refractivity contribution in [2.45, 2.75) is 19.9 Å². The quantitative estimate of drug-likeness (QED) is 0.662. The van der Waals surface area contributed by atoms with Gasteiger partial charge < -0.3 is 15.5 Å². The molecule has 2 N–H and O–H groups in total. The predicted molar refractivity (Wildman–Crippen MR) is 118 cm³/mol. The Hall–Kier alpha value is -3.67. The number of anilines is 2. The number of nitrogens with one attached hydrogen (secondary N) is 2. The van der Waals surface area contributed by atoms with E-state index in [1.54, 1.807) is 30.5 Å². The topological polar surface area (TPSA) is 74.3 Å². The third-order valence-electron chi connectivity index (χ3n) is 5.18. The fraction of sp³-hybridized carbons (Fsp3) is 0.208. The highest BCUT2D eigenvalue weighted by Crippen LogP contribution is 2.30. The third-order valence-corrected chi connectivity index (χ3v) is 5.18. The van der Waals surface area contributed by atoms with E-state index in [-0.39, 0.29) is 11.8 Å². The Labute approximate surface area is 175 Å². The Morgan fingerprint density at radius 1 is 1.03 bits per heavy atom. The second-order valence-corrected chi connectivity index (χ2v) is 7.15. The molecule has 30 heavy (non-hydrogen) atoms. The summed E-state index contributed by atoms with van der Waals surface area (Å²) in [4.78, 5) is 31.3. The first-order valence-electron chi connectivity index (χ1n) is 10.1. The number of carbonyl (C=O) groups is 2. The number of carbonyl (C=O) groups excluding carboxylic acids is 2. The highest BCUT2D eigenvalue weighted by molar-refractivity contribution is 6.10. The van der Waals surface area contributed by atoms with Gasteiger partial charge in [0.1, 0.15) is 5.82 Å². The monoisotopic (exact) mass is 400 g/mol. The Kier molecular flexibility index (Phi) is 5.75. The number of pyridine rings is 1. The summed E-state index contributed by atoms with van der Waals surface area (Å²) in [6.45, 7) is 3.67. The second kappa shape index (κ2) is 8.78. The first-order chi connectivity index (χ1) is 14.7. The highest BCUT2D eigenvalue weighted by Gasteiger charge is 2.26. The Balaban J connectivity index is 1.48. The fourth-order valence-electron chi connectivity index (χ4n) is 3.64. The zero-order valence-electron chi connectivity index (χ0n) is 16.9. The molecule has 2 aromatic carbocycles. The number of hydrogen-bond donors (Lipinski definition) is 2. The maximum atomic E-state index is 13.2. The summed E-state index contributed by atoms with van der Waals surface area (Å²) in [5.74, 6) is 0.419. The van der Waals surface area contributed by atoms with Crippen LogP contribution in [0.2, 0.25) is 0 Å². The average Bonchev–Trinajstić information content (AvgIpc) is 3.22. The van der Waals surface area contributed by atoms with Gasteiger partial charge in [-0.25, -0.2) is 4.98 Å². The van der Waals surface area contributed by atoms with E-state index in [4.69, 9.17) is 0 Å². The van der Waals surface area contributed by atoms with Crippen molar-refractivity contribution in [3.8, 4) is 0 Å². The molecule has 3 aromatic rings. The molecule has 2 amide bonds. The molecule has 6 heteroatoms. The normalized spacial score (nSPS) is 12.4. The molecule has 0 radical (unpaired) electrons. The zero-order valence-corrected chi connectivity index (χ0v) is 16.9. The van der Waals surface area contributed by atoms with E-state index in [1.807, 2.05) is 42.2 Å². The maximum absolute atomic E-state index is 13.2. The maximum Gasteiger partial charge on any atom is 0.262 e. The van der Waals surface area contributed by atoms with Crippen molar-refractivity contribution < 1.29 is 9.59 Å². The zero-order chi connectivity index (χ0) is 20.9. The lowest BCUT2D eigenvalue weighted by atomic mass is 10.1. The minimum atomic E-state index is -0.0829. The molecular weight excluding hydrogens is 376 g/mol. The lowest BCUT2D eigenvalue weighted by Crippen LogP contribution is -2.29. The van der Waals surface area contributed by atoms with Gasteiger partial charge >= 0.3 is 0 Å². The number of aromatic nitrogens is 1. The molecular formula is C24H24N4O2. The standard InChI is InChI=1S/C24H24N4O2/c1-2-25-23(29)19-11-9-17(10-12-19)16-27-22-20(7-5-14-26-22)24(30)28-15-13-18-6-3-4-8-21(18)28/h3-12,14H,2,13,15-16H2,1H3,(H,25,29)(H,26,27). The molecule has 4 rings (SSSR count). The number of rotatable bonds is 6. The van der Waals surface area contributed by atoms with Crippen LogP contribution in [0.4, 0.5) is 11.5 Å². The van der Waals surface area contributed by atoms with Gasteiger partial charge in [-0.2, -0.15) is 0 Å². The molecule has 0 unspecified atom stereocenters. The molecule has 1 aromatic heterocycles. The van der Waals surface area contributed by atoms with Gasteiger partial charge in [0.2, 0.25) is 0 Å². The summed E-state index contributed by atoms with van der Waals surface area (Å²) in [6.07, 6.45) is 2.54. The van der Waals surface area contributed by atoms with Gasteiger partial charge in [-0.1, -0.05) is 30.3 Å². The summed E-state index contributed by atoms with van der Waals surface area (Å²) in [6, 6.07) is 19.0. The molecule has 0 bridgehead atoms. The molecule has 152 valence electrons. The van der Waals surface area contributed by atoms with E-state index in [2.05, 4.69) is 21.7 Å². The van der Waals surface area contributed by atoms with Crippen molar-refractivity contribution in [1.82, 2.24) is 10.3 Å². The van der Waals surface area contributed by atoms with Crippen LogP contribution in [0, 0.1) is 0 Å². The van der Waals surface area contributed by atoms with Crippen LogP contribution < -0.4 is 15.5 Å². The van der Waals surface area contributed by atoms with Crippen LogP contribution in [0.15, 0.2) is 66.9 Å². The first-order valence-corrected chi connectivity index (χ1v) is 10.1. The number of para-hydroxylation sites is 1. The molecule has 1 aliphatic rings. The summed E-state index contributed by atoms with van der Waals surface area (Å²) in [5.41, 5.74) is 4.34. The number of benzene rings is 2. The van der Waals surface area contributed by atoms with E-state index in [0.29, 0.717) is 36.6 Å². The van der Waals surface area contributed by atoms with Crippen molar-refractivity contribution in [1.29, 1.82) is 0 Å². The smallest absolute Gasteiger partial charge is 0.262 e. The lowest BCUT2D eigenvalue weighted by molar-refractivity contribution is 0.0954. The number of nitrogens with zero attached hydrogens (tertiary/aromatic N) is 2. The van der Waals surface area contributed by atoms with Gasteiger partial charge in [-0.15, -0.1) is 0 Å². The van der Waals surface area contributed by atoms with E-state index in [9.17, 15) is 9.59 Å². The Bertz CT molecular complexity index is 1060. The Morgan fingerprint density at radius 3 is 2.63 bits per heavy atom. The number of amides is 2. The molecule has 0 atom stereocenters. The molecule has 1 aliphatic heterocycles. The highest BCUT2D eigenvalue weighted by atomic mass is 16.2. The van der Waals surface area contributed by atoms with E-state index >= 15 is 0 Å². The number of fused-ring (bicyclic) bond motifs is 1. The summed E-state index contributed by atoms with van der Waals surface area (Å²) < 4.78 is 0. The van der Waals surface area contributed by atoms with Crippen LogP contribution in [-0.4, -0.2) is 29.9 Å². The lowest BCUT2D eigenvalue weighted by Gasteiger charge is -2.19. The minimum Gasteiger partial charge on any atom is -0.365 e. The molecule has 0 aliphatic carbocycles. The van der Waals surface area contributed by atoms with Crippen LogP contribution in [0.25, 0.3) is 0 Å². The molecule has 6 nitrogen and oxygen atoms in total. The summed E-state index contributed by atoms with van der Waals surface area (Å²) in [7, 11) is 0. The van der Waals surface area contributed by atoms with Gasteiger partial charge in [-0.3, -0.25) is 9.59 Å². The molecule has 0 saturated heterocycles. The largest absolute Gasteiger partial charge is 0.365 e. The number of hydrogen-bond acceptors (Lipinski definition) is 4. The summed E-state index contributed by atoms with van der Waals surface area (Å²) in [5, 5.41) is 6.06. The first kappa shape index (κ1) is 19.6.